The van der Waals surface area contributed by atoms with Gasteiger partial charge in [0.15, 0.2) is 9.84 Å². The zero-order chi connectivity index (χ0) is 15.5. The van der Waals surface area contributed by atoms with Crippen LogP contribution in [0.15, 0.2) is 11.8 Å². The average molecular weight is 316 g/mol. The van der Waals surface area contributed by atoms with E-state index in [1.807, 2.05) is 6.20 Å². The topological polar surface area (TPSA) is 66.9 Å². The summed E-state index contributed by atoms with van der Waals surface area (Å²) in [6, 6.07) is 0. The van der Waals surface area contributed by atoms with Crippen molar-refractivity contribution >= 4 is 15.9 Å². The second-order valence-electron chi connectivity index (χ2n) is 5.88. The third kappa shape index (κ3) is 4.44. The number of hydrogen-bond donors (Lipinski definition) is 0. The van der Waals surface area contributed by atoms with E-state index in [9.17, 15) is 13.2 Å². The molecule has 0 aromatic heterocycles. The summed E-state index contributed by atoms with van der Waals surface area (Å²) in [5.41, 5.74) is 1.17. The van der Waals surface area contributed by atoms with Crippen molar-refractivity contribution in [2.24, 2.45) is 0 Å². The fraction of sp³-hybridized carbons (Fsp3) is 0.786. The molecule has 1 saturated heterocycles. The van der Waals surface area contributed by atoms with E-state index in [-0.39, 0.29) is 11.3 Å². The Kier molecular flexibility index (Phi) is 5.27. The van der Waals surface area contributed by atoms with Crippen LogP contribution in [-0.4, -0.2) is 69.1 Å². The lowest BCUT2D eigenvalue weighted by atomic mass is 10.0. The van der Waals surface area contributed by atoms with Crippen molar-refractivity contribution in [2.75, 3.05) is 39.5 Å². The van der Waals surface area contributed by atoms with Gasteiger partial charge in [-0.1, -0.05) is 0 Å². The summed E-state index contributed by atoms with van der Waals surface area (Å²) in [5.74, 6) is 0. The molecule has 1 amide bonds. The van der Waals surface area contributed by atoms with Crippen LogP contribution >= 0.6 is 0 Å². The van der Waals surface area contributed by atoms with Gasteiger partial charge in [-0.05, 0) is 37.8 Å². The molecule has 0 radical (unpaired) electrons. The highest BCUT2D eigenvalue weighted by molar-refractivity contribution is 7.91. The molecule has 6 nitrogen and oxygen atoms in total. The van der Waals surface area contributed by atoms with Crippen LogP contribution in [0.3, 0.4) is 0 Å². The summed E-state index contributed by atoms with van der Waals surface area (Å²) in [5, 5.41) is -0.257. The quantitative estimate of drug-likeness (QED) is 0.784. The molecule has 120 valence electrons. The van der Waals surface area contributed by atoms with Crippen molar-refractivity contribution in [1.29, 1.82) is 0 Å². The Hall–Kier alpha value is -1.08. The number of methoxy groups -OCH3 is 1. The fourth-order valence-electron chi connectivity index (χ4n) is 3.00. The molecule has 0 aromatic rings. The zero-order valence-corrected chi connectivity index (χ0v) is 13.6. The molecule has 7 heteroatoms. The van der Waals surface area contributed by atoms with Gasteiger partial charge in [-0.15, -0.1) is 0 Å². The maximum absolute atomic E-state index is 11.7. The summed E-state index contributed by atoms with van der Waals surface area (Å²) in [4.78, 5) is 15.3. The molecule has 1 fully saturated rings. The van der Waals surface area contributed by atoms with Crippen LogP contribution in [0.1, 0.15) is 25.7 Å². The van der Waals surface area contributed by atoms with Crippen LogP contribution in [-0.2, 0) is 14.6 Å². The number of carbonyl (C=O) groups excluding carboxylic acids is 1. The number of sulfone groups is 1. The second-order valence-corrected chi connectivity index (χ2v) is 8.21. The first kappa shape index (κ1) is 16.3. The van der Waals surface area contributed by atoms with Crippen molar-refractivity contribution in [1.82, 2.24) is 9.80 Å². The second kappa shape index (κ2) is 6.79. The van der Waals surface area contributed by atoms with Gasteiger partial charge in [-0.25, -0.2) is 13.2 Å². The van der Waals surface area contributed by atoms with Gasteiger partial charge in [0.05, 0.1) is 12.4 Å². The minimum Gasteiger partial charge on any atom is -0.452 e. The van der Waals surface area contributed by atoms with Gasteiger partial charge in [0.25, 0.3) is 0 Å². The minimum absolute atomic E-state index is 0.257. The Bertz CT molecular complexity index is 515. The number of hydrogen-bond acceptors (Lipinski definition) is 5. The monoisotopic (exact) mass is 316 g/mol. The molecule has 0 aromatic carbocycles. The van der Waals surface area contributed by atoms with E-state index < -0.39 is 9.84 Å². The Morgan fingerprint density at radius 2 is 2.14 bits per heavy atom. The van der Waals surface area contributed by atoms with E-state index in [4.69, 9.17) is 4.74 Å². The molecule has 0 spiro atoms. The molecular formula is C14H24N2O4S. The molecular weight excluding hydrogens is 292 g/mol. The molecule has 2 aliphatic heterocycles. The number of amides is 1. The molecule has 2 aliphatic rings. The third-order valence-electron chi connectivity index (χ3n) is 4.14. The van der Waals surface area contributed by atoms with Gasteiger partial charge < -0.3 is 4.74 Å². The molecule has 0 bridgehead atoms. The van der Waals surface area contributed by atoms with Crippen molar-refractivity contribution in [3.63, 3.8) is 0 Å². The number of ether oxygens (including phenoxy) is 1. The van der Waals surface area contributed by atoms with Crippen LogP contribution in [0.4, 0.5) is 4.79 Å². The predicted molar refractivity (Wildman–Crippen MR) is 80.7 cm³/mol. The smallest absolute Gasteiger partial charge is 0.413 e. The summed E-state index contributed by atoms with van der Waals surface area (Å²) in [6.45, 7) is 2.93. The van der Waals surface area contributed by atoms with Crippen LogP contribution in [0, 0.1) is 0 Å². The van der Waals surface area contributed by atoms with Crippen LogP contribution < -0.4 is 0 Å². The lowest BCUT2D eigenvalue weighted by Crippen LogP contribution is -2.43. The minimum atomic E-state index is -2.97. The van der Waals surface area contributed by atoms with Crippen molar-refractivity contribution in [2.45, 2.75) is 30.9 Å². The summed E-state index contributed by atoms with van der Waals surface area (Å²) >= 11 is 0. The standard InChI is InChI=1S/C14H24N2O4S/c1-20-14(17)16-8-3-5-12(10-16)9-15-7-4-6-13(11-15)21(2,18)19/h10,13H,3-9,11H2,1-2H3. The Morgan fingerprint density at radius 1 is 1.38 bits per heavy atom. The summed E-state index contributed by atoms with van der Waals surface area (Å²) in [7, 11) is -1.59. The predicted octanol–water partition coefficient (Wildman–Crippen LogP) is 1.24. The number of nitrogens with zero attached hydrogens (tertiary/aromatic N) is 2. The third-order valence-corrected chi connectivity index (χ3v) is 5.73. The van der Waals surface area contributed by atoms with Gasteiger partial charge >= 0.3 is 6.09 Å². The molecule has 1 atom stereocenters. The van der Waals surface area contributed by atoms with Gasteiger partial charge in [-0.2, -0.15) is 0 Å². The maximum Gasteiger partial charge on any atom is 0.413 e. The molecule has 21 heavy (non-hydrogen) atoms. The molecule has 0 N–H and O–H groups in total. The number of rotatable bonds is 3. The van der Waals surface area contributed by atoms with Crippen LogP contribution in [0.2, 0.25) is 0 Å². The highest BCUT2D eigenvalue weighted by Crippen LogP contribution is 2.21. The first-order chi connectivity index (χ1) is 9.90. The van der Waals surface area contributed by atoms with Gasteiger partial charge in [0.1, 0.15) is 0 Å². The van der Waals surface area contributed by atoms with E-state index in [0.717, 1.165) is 38.8 Å². The van der Waals surface area contributed by atoms with E-state index in [1.54, 1.807) is 4.90 Å². The largest absolute Gasteiger partial charge is 0.452 e. The van der Waals surface area contributed by atoms with E-state index in [2.05, 4.69) is 4.90 Å². The summed E-state index contributed by atoms with van der Waals surface area (Å²) < 4.78 is 28.1. The number of carbonyl (C=O) groups is 1. The lowest BCUT2D eigenvalue weighted by molar-refractivity contribution is 0.136. The van der Waals surface area contributed by atoms with Crippen molar-refractivity contribution < 1.29 is 17.9 Å². The van der Waals surface area contributed by atoms with Gasteiger partial charge in [0.2, 0.25) is 0 Å². The highest BCUT2D eigenvalue weighted by atomic mass is 32.2. The van der Waals surface area contributed by atoms with E-state index in [0.29, 0.717) is 13.1 Å². The van der Waals surface area contributed by atoms with E-state index >= 15 is 0 Å². The normalized spacial score (nSPS) is 24.6. The van der Waals surface area contributed by atoms with Crippen LogP contribution in [0.5, 0.6) is 0 Å². The number of likely N-dealkylation sites (tertiary alicyclic amines) is 1. The molecule has 2 rings (SSSR count). The molecule has 2 heterocycles. The molecule has 0 aliphatic carbocycles. The first-order valence-electron chi connectivity index (χ1n) is 7.35. The fourth-order valence-corrected chi connectivity index (χ4v) is 4.08. The van der Waals surface area contributed by atoms with Crippen molar-refractivity contribution in [3.8, 4) is 0 Å². The maximum atomic E-state index is 11.7. The van der Waals surface area contributed by atoms with Crippen LogP contribution in [0.25, 0.3) is 0 Å². The van der Waals surface area contributed by atoms with Gasteiger partial charge in [0, 0.05) is 32.1 Å². The Balaban J connectivity index is 1.97. The highest BCUT2D eigenvalue weighted by Gasteiger charge is 2.28. The first-order valence-corrected chi connectivity index (χ1v) is 9.31. The van der Waals surface area contributed by atoms with Gasteiger partial charge in [-0.3, -0.25) is 9.80 Å². The van der Waals surface area contributed by atoms with E-state index in [1.165, 1.54) is 18.9 Å². The number of piperidine rings is 1. The Morgan fingerprint density at radius 3 is 2.81 bits per heavy atom. The Labute approximate surface area is 126 Å². The average Bonchev–Trinajstić information content (AvgIpc) is 2.46. The summed E-state index contributed by atoms with van der Waals surface area (Å²) in [6.07, 6.45) is 6.38. The molecule has 0 saturated carbocycles. The SMILES string of the molecule is COC(=O)N1C=C(CN2CCCC(S(C)(=O)=O)C2)CCC1. The zero-order valence-electron chi connectivity index (χ0n) is 12.7. The van der Waals surface area contributed by atoms with Crippen molar-refractivity contribution in [3.05, 3.63) is 11.8 Å². The molecule has 1 unspecified atom stereocenters. The lowest BCUT2D eigenvalue weighted by Gasteiger charge is -2.33.